The molecule has 3 amide bonds. The summed E-state index contributed by atoms with van der Waals surface area (Å²) < 4.78 is 5.14. The van der Waals surface area contributed by atoms with Crippen LogP contribution in [0.25, 0.3) is 0 Å². The van der Waals surface area contributed by atoms with Crippen LogP contribution in [0.3, 0.4) is 0 Å². The molecule has 12 heteroatoms. The molecule has 0 spiro atoms. The molecule has 1 heterocycles. The summed E-state index contributed by atoms with van der Waals surface area (Å²) in [5, 5.41) is 1.66. The standard InChI is InChI=1S/C24H20Cl4N2O6/c1-3-4-5-14(24(35)36-10-15(32)29-13-8-6-12(7-9-13)11(2)31)30-22(33)16-17(23(30)34)19(26)21(28)20(27)18(16)25/h6-9,14H,3-5,10H2,1-2H3,(H,29,32)/t14-/m0/s1. The normalized spacial score (nSPS) is 13.4. The van der Waals surface area contributed by atoms with Crippen molar-refractivity contribution < 1.29 is 28.7 Å². The fraction of sp³-hybridized carbons (Fsp3) is 0.292. The van der Waals surface area contributed by atoms with Crippen LogP contribution in [0.15, 0.2) is 24.3 Å². The predicted octanol–water partition coefficient (Wildman–Crippen LogP) is 5.84. The van der Waals surface area contributed by atoms with Crippen LogP contribution in [0.4, 0.5) is 5.69 Å². The van der Waals surface area contributed by atoms with Gasteiger partial charge in [0.1, 0.15) is 6.04 Å². The van der Waals surface area contributed by atoms with Crippen molar-refractivity contribution in [1.29, 1.82) is 0 Å². The summed E-state index contributed by atoms with van der Waals surface area (Å²) in [4.78, 5) is 63.6. The van der Waals surface area contributed by atoms with Crippen LogP contribution in [-0.4, -0.2) is 47.0 Å². The van der Waals surface area contributed by atoms with E-state index in [9.17, 15) is 24.0 Å². The molecule has 0 aromatic heterocycles. The zero-order chi connectivity index (χ0) is 26.7. The Morgan fingerprint density at radius 3 is 1.92 bits per heavy atom. The van der Waals surface area contributed by atoms with E-state index in [1.54, 1.807) is 12.1 Å². The van der Waals surface area contributed by atoms with Crippen molar-refractivity contribution in [2.75, 3.05) is 11.9 Å². The van der Waals surface area contributed by atoms with Gasteiger partial charge in [-0.15, -0.1) is 0 Å². The fourth-order valence-corrected chi connectivity index (χ4v) is 4.63. The molecular weight excluding hydrogens is 554 g/mol. The van der Waals surface area contributed by atoms with Crippen LogP contribution in [0.1, 0.15) is 64.2 Å². The molecule has 1 N–H and O–H groups in total. The van der Waals surface area contributed by atoms with Gasteiger partial charge in [-0.3, -0.25) is 24.1 Å². The second-order valence-corrected chi connectivity index (χ2v) is 9.45. The maximum absolute atomic E-state index is 13.2. The molecular formula is C24H20Cl4N2O6. The molecule has 3 rings (SSSR count). The highest BCUT2D eigenvalue weighted by Crippen LogP contribution is 2.45. The highest BCUT2D eigenvalue weighted by molar-refractivity contribution is 6.55. The van der Waals surface area contributed by atoms with Gasteiger partial charge in [0, 0.05) is 11.3 Å². The van der Waals surface area contributed by atoms with E-state index >= 15 is 0 Å². The Hall–Kier alpha value is -2.65. The molecule has 1 aliphatic heterocycles. The Bertz CT molecular complexity index is 1220. The van der Waals surface area contributed by atoms with E-state index in [2.05, 4.69) is 5.32 Å². The molecule has 2 aromatic rings. The van der Waals surface area contributed by atoms with Crippen LogP contribution < -0.4 is 5.32 Å². The van der Waals surface area contributed by atoms with E-state index in [0.717, 1.165) is 0 Å². The van der Waals surface area contributed by atoms with Gasteiger partial charge in [0.15, 0.2) is 12.4 Å². The number of esters is 1. The summed E-state index contributed by atoms with van der Waals surface area (Å²) in [6, 6.07) is 4.82. The Labute approximate surface area is 226 Å². The fourth-order valence-electron chi connectivity index (χ4n) is 3.62. The van der Waals surface area contributed by atoms with E-state index in [1.165, 1.54) is 19.1 Å². The first kappa shape index (κ1) is 27.9. The number of nitrogens with zero attached hydrogens (tertiary/aromatic N) is 1. The number of nitrogens with one attached hydrogen (secondary N) is 1. The van der Waals surface area contributed by atoms with Gasteiger partial charge in [0.05, 0.1) is 31.2 Å². The summed E-state index contributed by atoms with van der Waals surface area (Å²) in [5.41, 5.74) is 0.369. The molecule has 0 saturated heterocycles. The number of rotatable bonds is 9. The van der Waals surface area contributed by atoms with Crippen molar-refractivity contribution >= 4 is 81.6 Å². The van der Waals surface area contributed by atoms with Crippen molar-refractivity contribution in [2.24, 2.45) is 0 Å². The Kier molecular flexibility index (Phi) is 9.00. The molecule has 8 nitrogen and oxygen atoms in total. The van der Waals surface area contributed by atoms with Gasteiger partial charge in [-0.2, -0.15) is 0 Å². The Morgan fingerprint density at radius 2 is 1.44 bits per heavy atom. The molecule has 190 valence electrons. The molecule has 0 fully saturated rings. The average molecular weight is 574 g/mol. The minimum absolute atomic E-state index is 0.0889. The molecule has 0 saturated carbocycles. The van der Waals surface area contributed by atoms with Crippen LogP contribution in [0.2, 0.25) is 20.1 Å². The summed E-state index contributed by atoms with van der Waals surface area (Å²) in [7, 11) is 0. The van der Waals surface area contributed by atoms with Crippen LogP contribution in [0.5, 0.6) is 0 Å². The first-order chi connectivity index (χ1) is 17.0. The molecule has 36 heavy (non-hydrogen) atoms. The SMILES string of the molecule is CCCC[C@@H](C(=O)OCC(=O)Nc1ccc(C(C)=O)cc1)N1C(=O)c2c(Cl)c(Cl)c(Cl)c(Cl)c2C1=O. The summed E-state index contributed by atoms with van der Waals surface area (Å²) >= 11 is 24.4. The number of anilines is 1. The number of carbonyl (C=O) groups is 5. The van der Waals surface area contributed by atoms with Crippen molar-refractivity contribution in [2.45, 2.75) is 39.2 Å². The summed E-state index contributed by atoms with van der Waals surface area (Å²) in [6.45, 7) is 2.61. The number of imide groups is 1. The molecule has 0 aliphatic carbocycles. The van der Waals surface area contributed by atoms with E-state index in [-0.39, 0.29) is 43.4 Å². The summed E-state index contributed by atoms with van der Waals surface area (Å²) in [5.74, 6) is -3.47. The smallest absolute Gasteiger partial charge is 0.329 e. The summed E-state index contributed by atoms with van der Waals surface area (Å²) in [6.07, 6.45) is 1.22. The molecule has 0 bridgehead atoms. The van der Waals surface area contributed by atoms with E-state index in [1.807, 2.05) is 6.92 Å². The Morgan fingerprint density at radius 1 is 0.917 bits per heavy atom. The lowest BCUT2D eigenvalue weighted by Crippen LogP contribution is -2.46. The number of benzene rings is 2. The van der Waals surface area contributed by atoms with Gasteiger partial charge in [-0.1, -0.05) is 66.2 Å². The minimum atomic E-state index is -1.33. The number of halogens is 4. The molecule has 2 aromatic carbocycles. The van der Waals surface area contributed by atoms with Crippen LogP contribution in [-0.2, 0) is 14.3 Å². The number of unbranched alkanes of at least 4 members (excludes halogenated alkanes) is 1. The van der Waals surface area contributed by atoms with Crippen molar-refractivity contribution in [3.63, 3.8) is 0 Å². The topological polar surface area (TPSA) is 110 Å². The van der Waals surface area contributed by atoms with Crippen molar-refractivity contribution in [3.05, 3.63) is 61.0 Å². The quantitative estimate of drug-likeness (QED) is 0.133. The second kappa shape index (κ2) is 11.6. The largest absolute Gasteiger partial charge is 0.454 e. The molecule has 1 atom stereocenters. The minimum Gasteiger partial charge on any atom is -0.454 e. The third kappa shape index (κ3) is 5.52. The first-order valence-electron chi connectivity index (χ1n) is 10.8. The lowest BCUT2D eigenvalue weighted by molar-refractivity contribution is -0.151. The van der Waals surface area contributed by atoms with E-state index < -0.39 is 36.3 Å². The number of fused-ring (bicyclic) bond motifs is 1. The maximum Gasteiger partial charge on any atom is 0.329 e. The number of ether oxygens (including phenoxy) is 1. The van der Waals surface area contributed by atoms with Gasteiger partial charge in [0.2, 0.25) is 0 Å². The van der Waals surface area contributed by atoms with Gasteiger partial charge in [-0.05, 0) is 37.6 Å². The van der Waals surface area contributed by atoms with Gasteiger partial charge >= 0.3 is 5.97 Å². The number of carbonyl (C=O) groups excluding carboxylic acids is 5. The number of hydrogen-bond acceptors (Lipinski definition) is 6. The van der Waals surface area contributed by atoms with Gasteiger partial charge < -0.3 is 10.1 Å². The highest BCUT2D eigenvalue weighted by Gasteiger charge is 2.47. The Balaban J connectivity index is 1.77. The van der Waals surface area contributed by atoms with Crippen LogP contribution >= 0.6 is 46.4 Å². The van der Waals surface area contributed by atoms with Gasteiger partial charge in [-0.25, -0.2) is 4.79 Å². The van der Waals surface area contributed by atoms with E-state index in [0.29, 0.717) is 29.0 Å². The highest BCUT2D eigenvalue weighted by atomic mass is 35.5. The molecule has 1 aliphatic rings. The number of Topliss-reactive ketones (excluding diaryl/α,β-unsaturated/α-hetero) is 1. The third-order valence-electron chi connectivity index (χ3n) is 5.47. The first-order valence-corrected chi connectivity index (χ1v) is 12.3. The number of ketones is 1. The lowest BCUT2D eigenvalue weighted by atomic mass is 10.1. The van der Waals surface area contributed by atoms with Crippen molar-refractivity contribution in [1.82, 2.24) is 4.90 Å². The zero-order valence-electron chi connectivity index (χ0n) is 19.1. The van der Waals surface area contributed by atoms with Crippen molar-refractivity contribution in [3.8, 4) is 0 Å². The van der Waals surface area contributed by atoms with Crippen LogP contribution in [0, 0.1) is 0 Å². The predicted molar refractivity (Wildman–Crippen MR) is 136 cm³/mol. The monoisotopic (exact) mass is 572 g/mol. The maximum atomic E-state index is 13.2. The lowest BCUT2D eigenvalue weighted by Gasteiger charge is -2.24. The third-order valence-corrected chi connectivity index (χ3v) is 7.27. The number of hydrogen-bond donors (Lipinski definition) is 1. The average Bonchev–Trinajstić information content (AvgIpc) is 3.10. The second-order valence-electron chi connectivity index (χ2n) is 7.93. The zero-order valence-corrected chi connectivity index (χ0v) is 22.1. The van der Waals surface area contributed by atoms with E-state index in [4.69, 9.17) is 51.1 Å². The van der Waals surface area contributed by atoms with Gasteiger partial charge in [0.25, 0.3) is 17.7 Å². The number of amides is 3. The molecule has 0 radical (unpaired) electrons. The molecule has 0 unspecified atom stereocenters.